The molecule has 0 aliphatic heterocycles. The van der Waals surface area contributed by atoms with Crippen LogP contribution >= 0.6 is 0 Å². The van der Waals surface area contributed by atoms with E-state index in [2.05, 4.69) is 0 Å². The van der Waals surface area contributed by atoms with E-state index in [-0.39, 0.29) is 6.61 Å². The molecule has 0 heterocycles. The minimum absolute atomic E-state index is 0.329. The van der Waals surface area contributed by atoms with Crippen molar-refractivity contribution in [3.63, 3.8) is 0 Å². The van der Waals surface area contributed by atoms with Crippen LogP contribution in [0.5, 0.6) is 5.75 Å². The summed E-state index contributed by atoms with van der Waals surface area (Å²) in [5.74, 6) is -0.252. The summed E-state index contributed by atoms with van der Waals surface area (Å²) in [6.07, 6.45) is 0. The Morgan fingerprint density at radius 3 is 2.61 bits per heavy atom. The van der Waals surface area contributed by atoms with Gasteiger partial charge in [-0.1, -0.05) is 0 Å². The third kappa shape index (κ3) is 3.85. The molecule has 7 nitrogen and oxygen atoms in total. The molecule has 1 aromatic carbocycles. The van der Waals surface area contributed by atoms with Crippen molar-refractivity contribution in [2.75, 3.05) is 31.3 Å². The molecule has 0 saturated carbocycles. The number of anilines is 2. The van der Waals surface area contributed by atoms with Crippen molar-refractivity contribution < 1.29 is 14.3 Å². The van der Waals surface area contributed by atoms with Crippen LogP contribution in [-0.4, -0.2) is 32.6 Å². The lowest BCUT2D eigenvalue weighted by Crippen LogP contribution is -2.38. The van der Waals surface area contributed by atoms with Crippen molar-refractivity contribution in [3.05, 3.63) is 18.2 Å². The Bertz CT molecular complexity index is 460. The molecule has 18 heavy (non-hydrogen) atoms. The molecular weight excluding hydrogens is 236 g/mol. The highest BCUT2D eigenvalue weighted by Gasteiger charge is 2.08. The van der Waals surface area contributed by atoms with Gasteiger partial charge in [-0.05, 0) is 12.1 Å². The number of ether oxygens (including phenoxy) is 1. The number of imide groups is 1. The number of nitrogen functional groups attached to an aromatic ring is 1. The van der Waals surface area contributed by atoms with E-state index in [4.69, 9.17) is 16.2 Å². The van der Waals surface area contributed by atoms with E-state index in [1.54, 1.807) is 12.1 Å². The monoisotopic (exact) mass is 252 g/mol. The summed E-state index contributed by atoms with van der Waals surface area (Å²) in [6.45, 7) is -0.329. The average molecular weight is 252 g/mol. The number of hydrogen-bond acceptors (Lipinski definition) is 5. The molecule has 0 fully saturated rings. The Labute approximate surface area is 105 Å². The molecule has 0 aliphatic carbocycles. The van der Waals surface area contributed by atoms with Crippen molar-refractivity contribution in [2.45, 2.75) is 0 Å². The Morgan fingerprint density at radius 1 is 1.39 bits per heavy atom. The molecule has 0 spiro atoms. The first-order valence-electron chi connectivity index (χ1n) is 5.19. The molecule has 1 aromatic rings. The Kier molecular flexibility index (Phi) is 4.36. The molecular formula is C11H16N4O3. The molecule has 3 amide bonds. The van der Waals surface area contributed by atoms with Crippen LogP contribution in [0.25, 0.3) is 0 Å². The minimum atomic E-state index is -0.918. The van der Waals surface area contributed by atoms with Crippen molar-refractivity contribution in [1.29, 1.82) is 0 Å². The van der Waals surface area contributed by atoms with E-state index in [0.717, 1.165) is 5.69 Å². The zero-order chi connectivity index (χ0) is 13.7. The summed E-state index contributed by atoms with van der Waals surface area (Å²) in [7, 11) is 3.74. The molecule has 0 saturated heterocycles. The Balaban J connectivity index is 2.69. The summed E-state index contributed by atoms with van der Waals surface area (Å²) in [6, 6.07) is 4.29. The molecule has 1 rings (SSSR count). The zero-order valence-corrected chi connectivity index (χ0v) is 10.3. The second-order valence-corrected chi connectivity index (χ2v) is 3.82. The highest BCUT2D eigenvalue weighted by atomic mass is 16.5. The summed E-state index contributed by atoms with van der Waals surface area (Å²) in [5.41, 5.74) is 11.8. The van der Waals surface area contributed by atoms with Crippen LogP contribution < -0.4 is 26.4 Å². The molecule has 0 unspecified atom stereocenters. The van der Waals surface area contributed by atoms with E-state index in [1.807, 2.05) is 30.4 Å². The number of nitrogens with zero attached hydrogens (tertiary/aromatic N) is 1. The number of primary amides is 1. The molecule has 0 aromatic heterocycles. The molecule has 98 valence electrons. The number of carbonyl (C=O) groups is 2. The van der Waals surface area contributed by atoms with Crippen molar-refractivity contribution in [1.82, 2.24) is 5.32 Å². The van der Waals surface area contributed by atoms with Gasteiger partial charge in [0.25, 0.3) is 5.91 Å². The predicted molar refractivity (Wildman–Crippen MR) is 68.4 cm³/mol. The van der Waals surface area contributed by atoms with E-state index in [9.17, 15) is 9.59 Å². The second-order valence-electron chi connectivity index (χ2n) is 3.82. The van der Waals surface area contributed by atoms with Gasteiger partial charge in [0.2, 0.25) is 0 Å². The number of benzene rings is 1. The van der Waals surface area contributed by atoms with Gasteiger partial charge in [-0.3, -0.25) is 10.1 Å². The van der Waals surface area contributed by atoms with Gasteiger partial charge in [0.05, 0.1) is 5.69 Å². The number of hydrogen-bond donors (Lipinski definition) is 3. The lowest BCUT2D eigenvalue weighted by Gasteiger charge is -2.15. The second kappa shape index (κ2) is 5.76. The van der Waals surface area contributed by atoms with Crippen LogP contribution in [0.2, 0.25) is 0 Å². The van der Waals surface area contributed by atoms with Crippen LogP contribution in [0, 0.1) is 0 Å². The minimum Gasteiger partial charge on any atom is -0.482 e. The van der Waals surface area contributed by atoms with E-state index in [0.29, 0.717) is 11.4 Å². The first-order valence-corrected chi connectivity index (χ1v) is 5.19. The number of rotatable bonds is 4. The summed E-state index contributed by atoms with van der Waals surface area (Å²) in [5, 5.41) is 1.89. The standard InChI is InChI=1S/C11H16N4O3/c1-15(2)7-3-4-8(12)9(5-7)18-6-10(16)14-11(13)17/h3-5H,6,12H2,1-2H3,(H3,13,14,16,17). The third-order valence-corrected chi connectivity index (χ3v) is 2.13. The molecule has 0 radical (unpaired) electrons. The smallest absolute Gasteiger partial charge is 0.318 e. The van der Waals surface area contributed by atoms with Gasteiger partial charge < -0.3 is 21.1 Å². The average Bonchev–Trinajstić information content (AvgIpc) is 2.26. The van der Waals surface area contributed by atoms with Crippen molar-refractivity contribution >= 4 is 23.3 Å². The van der Waals surface area contributed by atoms with Gasteiger partial charge in [0, 0.05) is 25.8 Å². The number of nitrogens with two attached hydrogens (primary N) is 2. The molecule has 5 N–H and O–H groups in total. The maximum Gasteiger partial charge on any atom is 0.318 e. The molecule has 0 aliphatic rings. The predicted octanol–water partition coefficient (Wildman–Crippen LogP) is -0.0915. The SMILES string of the molecule is CN(C)c1ccc(N)c(OCC(=O)NC(N)=O)c1. The van der Waals surface area contributed by atoms with Crippen molar-refractivity contribution in [3.8, 4) is 5.75 Å². The van der Waals surface area contributed by atoms with E-state index < -0.39 is 11.9 Å². The lowest BCUT2D eigenvalue weighted by molar-refractivity contribution is -0.121. The number of carbonyl (C=O) groups excluding carboxylic acids is 2. The van der Waals surface area contributed by atoms with E-state index >= 15 is 0 Å². The number of urea groups is 1. The van der Waals surface area contributed by atoms with Crippen LogP contribution in [-0.2, 0) is 4.79 Å². The fraction of sp³-hybridized carbons (Fsp3) is 0.273. The number of amides is 3. The maximum absolute atomic E-state index is 11.2. The lowest BCUT2D eigenvalue weighted by atomic mass is 10.2. The van der Waals surface area contributed by atoms with Crippen LogP contribution in [0.1, 0.15) is 0 Å². The van der Waals surface area contributed by atoms with Crippen LogP contribution in [0.15, 0.2) is 18.2 Å². The Hall–Kier alpha value is -2.44. The normalized spacial score (nSPS) is 9.67. The highest BCUT2D eigenvalue weighted by molar-refractivity contribution is 5.94. The van der Waals surface area contributed by atoms with E-state index in [1.165, 1.54) is 0 Å². The van der Waals surface area contributed by atoms with Gasteiger partial charge in [-0.2, -0.15) is 0 Å². The largest absolute Gasteiger partial charge is 0.482 e. The Morgan fingerprint density at radius 2 is 2.06 bits per heavy atom. The summed E-state index contributed by atoms with van der Waals surface area (Å²) < 4.78 is 5.22. The van der Waals surface area contributed by atoms with Gasteiger partial charge >= 0.3 is 6.03 Å². The number of nitrogens with one attached hydrogen (secondary N) is 1. The first kappa shape index (κ1) is 13.6. The van der Waals surface area contributed by atoms with Crippen molar-refractivity contribution in [2.24, 2.45) is 5.73 Å². The van der Waals surface area contributed by atoms with Crippen LogP contribution in [0.3, 0.4) is 0 Å². The highest BCUT2D eigenvalue weighted by Crippen LogP contribution is 2.26. The van der Waals surface area contributed by atoms with Gasteiger partial charge in [-0.15, -0.1) is 0 Å². The molecule has 0 atom stereocenters. The fourth-order valence-corrected chi connectivity index (χ4v) is 1.24. The van der Waals surface area contributed by atoms with Gasteiger partial charge in [0.1, 0.15) is 5.75 Å². The summed E-state index contributed by atoms with van der Waals surface area (Å²) in [4.78, 5) is 23.5. The molecule has 7 heteroatoms. The quantitative estimate of drug-likeness (QED) is 0.648. The van der Waals surface area contributed by atoms with Gasteiger partial charge in [-0.25, -0.2) is 4.79 Å². The van der Waals surface area contributed by atoms with Gasteiger partial charge in [0.15, 0.2) is 6.61 Å². The van der Waals surface area contributed by atoms with Crippen LogP contribution in [0.4, 0.5) is 16.2 Å². The molecule has 0 bridgehead atoms. The first-order chi connectivity index (χ1) is 8.40. The third-order valence-electron chi connectivity index (χ3n) is 2.13. The fourth-order valence-electron chi connectivity index (χ4n) is 1.24. The topological polar surface area (TPSA) is 111 Å². The summed E-state index contributed by atoms with van der Waals surface area (Å²) >= 11 is 0. The maximum atomic E-state index is 11.2. The zero-order valence-electron chi connectivity index (χ0n) is 10.3.